The fourth-order valence-corrected chi connectivity index (χ4v) is 9.13. The summed E-state index contributed by atoms with van der Waals surface area (Å²) in [4.78, 5) is 0. The van der Waals surface area contributed by atoms with Crippen LogP contribution in [0.15, 0.2) is 176 Å². The van der Waals surface area contributed by atoms with E-state index in [0.717, 1.165) is 5.57 Å². The zero-order valence-corrected chi connectivity index (χ0v) is 29.5. The summed E-state index contributed by atoms with van der Waals surface area (Å²) in [6.45, 7) is 9.52. The van der Waals surface area contributed by atoms with Crippen molar-refractivity contribution in [2.75, 3.05) is 0 Å². The molecule has 250 valence electrons. The Hall–Kier alpha value is -5.80. The summed E-state index contributed by atoms with van der Waals surface area (Å²) in [7, 11) is 0. The predicted octanol–water partition coefficient (Wildman–Crippen LogP) is 12.3. The van der Waals surface area contributed by atoms with Gasteiger partial charge in [-0.1, -0.05) is 166 Å². The molecule has 10 rings (SSSR count). The molecule has 1 fully saturated rings. The van der Waals surface area contributed by atoms with Crippen molar-refractivity contribution in [3.05, 3.63) is 204 Å². The van der Waals surface area contributed by atoms with Crippen LogP contribution in [0.25, 0.3) is 54.6 Å². The van der Waals surface area contributed by atoms with Gasteiger partial charge in [0.25, 0.3) is 0 Å². The lowest BCUT2D eigenvalue weighted by atomic mass is 9.82. The largest absolute Gasteiger partial charge is 0.287 e. The van der Waals surface area contributed by atoms with E-state index in [1.54, 1.807) is 0 Å². The first kappa shape index (κ1) is 31.0. The van der Waals surface area contributed by atoms with Crippen molar-refractivity contribution in [1.82, 2.24) is 10.6 Å². The van der Waals surface area contributed by atoms with Gasteiger partial charge in [-0.25, -0.2) is 0 Å². The van der Waals surface area contributed by atoms with Crippen LogP contribution in [0.1, 0.15) is 59.9 Å². The average molecular weight is 669 g/mol. The molecule has 3 atom stereocenters. The molecule has 8 aromatic carbocycles. The van der Waals surface area contributed by atoms with Gasteiger partial charge >= 0.3 is 0 Å². The third-order valence-electron chi connectivity index (χ3n) is 11.8. The maximum atomic E-state index is 4.83. The zero-order valence-electron chi connectivity index (χ0n) is 29.5. The highest BCUT2D eigenvalue weighted by molar-refractivity contribution is 6.25. The summed E-state index contributed by atoms with van der Waals surface area (Å²) in [6.07, 6.45) is -0.105. The molecule has 2 unspecified atom stereocenters. The lowest BCUT2D eigenvalue weighted by Crippen LogP contribution is -2.46. The Morgan fingerprint density at radius 1 is 0.423 bits per heavy atom. The molecule has 0 radical (unpaired) electrons. The summed E-state index contributed by atoms with van der Waals surface area (Å²) in [5.74, 6) is 0. The van der Waals surface area contributed by atoms with Crippen LogP contribution in [0.2, 0.25) is 0 Å². The zero-order chi connectivity index (χ0) is 35.0. The molecule has 1 saturated heterocycles. The van der Waals surface area contributed by atoms with E-state index in [9.17, 15) is 0 Å². The van der Waals surface area contributed by atoms with Crippen LogP contribution in [0.3, 0.4) is 0 Å². The standard InChI is InChI=1S/C50H40N2/c1-31-47(34-17-13-16-33(28-34)32-14-5-4-6-15-32)51-49(36-25-27-46-44(30-36)42-22-11-12-23-45(42)50(46,2)3)52-48(31)35-24-26-41-39-20-8-7-18-37(39)38-19-9-10-21-40(38)43(41)29-35/h4-30,47-49,51-52H,1H2,2-3H3/t47-,48?,49?/m1/s1. The van der Waals surface area contributed by atoms with E-state index in [1.165, 1.54) is 82.4 Å². The second kappa shape index (κ2) is 11.9. The van der Waals surface area contributed by atoms with Crippen molar-refractivity contribution >= 4 is 32.3 Å². The SMILES string of the molecule is C=C1C(c2ccc3c4ccccc4c4ccccc4c3c2)NC(c2ccc3c(c2)-c2ccccc2C3(C)C)N[C@H]1c1cccc(-c2ccccc2)c1. The summed E-state index contributed by atoms with van der Waals surface area (Å²) in [5.41, 5.74) is 12.6. The molecular formula is C50H40N2. The normalized spacial score (nSPS) is 19.2. The summed E-state index contributed by atoms with van der Waals surface area (Å²) < 4.78 is 0. The van der Waals surface area contributed by atoms with Gasteiger partial charge in [-0.15, -0.1) is 0 Å². The minimum Gasteiger partial charge on any atom is -0.287 e. The van der Waals surface area contributed by atoms with Crippen molar-refractivity contribution in [3.8, 4) is 22.3 Å². The van der Waals surface area contributed by atoms with E-state index in [1.807, 2.05) is 0 Å². The third kappa shape index (κ3) is 4.79. The van der Waals surface area contributed by atoms with Crippen LogP contribution in [0, 0.1) is 0 Å². The van der Waals surface area contributed by atoms with Crippen molar-refractivity contribution in [1.29, 1.82) is 0 Å². The van der Waals surface area contributed by atoms with E-state index in [-0.39, 0.29) is 23.7 Å². The molecule has 0 bridgehead atoms. The predicted molar refractivity (Wildman–Crippen MR) is 218 cm³/mol. The van der Waals surface area contributed by atoms with Crippen LogP contribution in [-0.4, -0.2) is 0 Å². The minimum atomic E-state index is -0.105. The number of hydrogen-bond donors (Lipinski definition) is 2. The van der Waals surface area contributed by atoms with Gasteiger partial charge < -0.3 is 0 Å². The molecule has 0 saturated carbocycles. The smallest absolute Gasteiger partial charge is 0.0850 e. The summed E-state index contributed by atoms with van der Waals surface area (Å²) in [5, 5.41) is 15.8. The Kier molecular flexibility index (Phi) is 7.08. The first-order valence-corrected chi connectivity index (χ1v) is 18.4. The molecule has 0 aromatic heterocycles. The van der Waals surface area contributed by atoms with Crippen molar-refractivity contribution in [2.24, 2.45) is 0 Å². The van der Waals surface area contributed by atoms with Crippen LogP contribution < -0.4 is 10.6 Å². The molecule has 1 heterocycles. The molecule has 2 aliphatic rings. The first-order chi connectivity index (χ1) is 25.5. The number of nitrogens with one attached hydrogen (secondary N) is 2. The van der Waals surface area contributed by atoms with Gasteiger partial charge in [0.15, 0.2) is 0 Å². The van der Waals surface area contributed by atoms with Crippen LogP contribution in [0.5, 0.6) is 0 Å². The minimum absolute atomic E-state index is 0.0346. The second-order valence-electron chi connectivity index (χ2n) is 15.1. The molecule has 8 aromatic rings. The second-order valence-corrected chi connectivity index (χ2v) is 15.1. The fourth-order valence-electron chi connectivity index (χ4n) is 9.13. The summed E-state index contributed by atoms with van der Waals surface area (Å²) in [6, 6.07) is 60.1. The lowest BCUT2D eigenvalue weighted by Gasteiger charge is -2.41. The molecule has 52 heavy (non-hydrogen) atoms. The quantitative estimate of drug-likeness (QED) is 0.144. The van der Waals surface area contributed by atoms with Crippen LogP contribution >= 0.6 is 0 Å². The van der Waals surface area contributed by atoms with Gasteiger partial charge in [0.1, 0.15) is 0 Å². The van der Waals surface area contributed by atoms with Crippen LogP contribution in [-0.2, 0) is 5.41 Å². The van der Waals surface area contributed by atoms with E-state index in [2.05, 4.69) is 188 Å². The highest BCUT2D eigenvalue weighted by Crippen LogP contribution is 2.50. The summed E-state index contributed by atoms with van der Waals surface area (Å²) >= 11 is 0. The monoisotopic (exact) mass is 668 g/mol. The Morgan fingerprint density at radius 3 is 1.67 bits per heavy atom. The maximum absolute atomic E-state index is 4.83. The van der Waals surface area contributed by atoms with E-state index in [0.29, 0.717) is 0 Å². The van der Waals surface area contributed by atoms with Crippen molar-refractivity contribution < 1.29 is 0 Å². The van der Waals surface area contributed by atoms with E-state index < -0.39 is 0 Å². The first-order valence-electron chi connectivity index (χ1n) is 18.4. The molecule has 0 amide bonds. The van der Waals surface area contributed by atoms with Gasteiger partial charge in [0.2, 0.25) is 0 Å². The molecule has 1 aliphatic heterocycles. The molecular weight excluding hydrogens is 629 g/mol. The molecule has 2 N–H and O–H groups in total. The number of rotatable bonds is 4. The molecule has 0 spiro atoms. The Balaban J connectivity index is 1.12. The maximum Gasteiger partial charge on any atom is 0.0850 e. The molecule has 2 nitrogen and oxygen atoms in total. The fraction of sp³-hybridized carbons (Fsp3) is 0.120. The van der Waals surface area contributed by atoms with Crippen molar-refractivity contribution in [3.63, 3.8) is 0 Å². The van der Waals surface area contributed by atoms with Gasteiger partial charge in [0.05, 0.1) is 18.2 Å². The Morgan fingerprint density at radius 2 is 0.962 bits per heavy atom. The van der Waals surface area contributed by atoms with Gasteiger partial charge in [-0.05, 0) is 106 Å². The Bertz CT molecular complexity index is 2670. The molecule has 1 aliphatic carbocycles. The molecule has 2 heteroatoms. The van der Waals surface area contributed by atoms with Gasteiger partial charge in [-0.3, -0.25) is 10.6 Å². The number of hydrogen-bond acceptors (Lipinski definition) is 2. The number of fused-ring (bicyclic) bond motifs is 9. The van der Waals surface area contributed by atoms with E-state index >= 15 is 0 Å². The third-order valence-corrected chi connectivity index (χ3v) is 11.8. The number of benzene rings is 8. The lowest BCUT2D eigenvalue weighted by molar-refractivity contribution is 0.316. The highest BCUT2D eigenvalue weighted by Gasteiger charge is 2.38. The van der Waals surface area contributed by atoms with E-state index in [4.69, 9.17) is 6.58 Å². The van der Waals surface area contributed by atoms with Crippen LogP contribution in [0.4, 0.5) is 0 Å². The van der Waals surface area contributed by atoms with Gasteiger partial charge in [0, 0.05) is 5.41 Å². The average Bonchev–Trinajstić information content (AvgIpc) is 3.43. The Labute approximate surface area is 305 Å². The highest BCUT2D eigenvalue weighted by atomic mass is 15.2. The van der Waals surface area contributed by atoms with Gasteiger partial charge in [-0.2, -0.15) is 0 Å². The van der Waals surface area contributed by atoms with Crippen molar-refractivity contribution in [2.45, 2.75) is 37.5 Å². The topological polar surface area (TPSA) is 24.1 Å².